The van der Waals surface area contributed by atoms with Gasteiger partial charge in [0, 0.05) is 25.2 Å². The molecule has 0 aromatic carbocycles. The maximum Gasteiger partial charge on any atom is 0.315 e. The summed E-state index contributed by atoms with van der Waals surface area (Å²) < 4.78 is 0. The number of nitrogens with zero attached hydrogens (tertiary/aromatic N) is 1. The molecule has 4 nitrogen and oxygen atoms in total. The first kappa shape index (κ1) is 12.3. The lowest BCUT2D eigenvalue weighted by Gasteiger charge is -2.16. The van der Waals surface area contributed by atoms with Crippen molar-refractivity contribution in [1.82, 2.24) is 15.5 Å². The van der Waals surface area contributed by atoms with E-state index in [-0.39, 0.29) is 6.03 Å². The quantitative estimate of drug-likeness (QED) is 0.799. The minimum Gasteiger partial charge on any atom is -0.338 e. The molecule has 0 unspecified atom stereocenters. The molecule has 0 radical (unpaired) electrons. The fourth-order valence-corrected chi connectivity index (χ4v) is 3.34. The van der Waals surface area contributed by atoms with Gasteiger partial charge in [0.05, 0.1) is 0 Å². The molecule has 3 aliphatic rings. The Hall–Kier alpha value is -0.770. The zero-order valence-electron chi connectivity index (χ0n) is 11.2. The Morgan fingerprint density at radius 2 is 1.89 bits per heavy atom. The van der Waals surface area contributed by atoms with E-state index < -0.39 is 0 Å². The normalized spacial score (nSPS) is 29.7. The monoisotopic (exact) mass is 251 g/mol. The Balaban J connectivity index is 1.32. The molecule has 1 saturated heterocycles. The number of nitrogens with one attached hydrogen (secondary N) is 2. The van der Waals surface area contributed by atoms with Crippen molar-refractivity contribution in [2.45, 2.75) is 57.0 Å². The first-order valence-corrected chi connectivity index (χ1v) is 7.59. The summed E-state index contributed by atoms with van der Waals surface area (Å²) in [5, 5.41) is 6.14. The summed E-state index contributed by atoms with van der Waals surface area (Å²) in [4.78, 5) is 14.3. The van der Waals surface area contributed by atoms with Gasteiger partial charge in [-0.3, -0.25) is 0 Å². The lowest BCUT2D eigenvalue weighted by Crippen LogP contribution is -2.43. The van der Waals surface area contributed by atoms with E-state index in [1.165, 1.54) is 45.2 Å². The molecule has 1 atom stereocenters. The topological polar surface area (TPSA) is 44.4 Å². The minimum absolute atomic E-state index is 0.0479. The van der Waals surface area contributed by atoms with Crippen LogP contribution in [0.25, 0.3) is 0 Å². The van der Waals surface area contributed by atoms with Crippen LogP contribution in [0.2, 0.25) is 0 Å². The second kappa shape index (κ2) is 5.47. The van der Waals surface area contributed by atoms with Crippen molar-refractivity contribution in [3.05, 3.63) is 0 Å². The smallest absolute Gasteiger partial charge is 0.315 e. The maximum atomic E-state index is 11.7. The highest BCUT2D eigenvalue weighted by Crippen LogP contribution is 2.31. The van der Waals surface area contributed by atoms with E-state index in [4.69, 9.17) is 0 Å². The number of urea groups is 1. The maximum absolute atomic E-state index is 11.7. The molecule has 2 aliphatic carbocycles. The molecule has 102 valence electrons. The number of hydrogen-bond donors (Lipinski definition) is 2. The van der Waals surface area contributed by atoms with Gasteiger partial charge in [0.15, 0.2) is 0 Å². The number of carbonyl (C=O) groups excluding carboxylic acids is 1. The van der Waals surface area contributed by atoms with Gasteiger partial charge in [-0.2, -0.15) is 0 Å². The standard InChI is InChI=1S/C14H25N3O/c18-14(16-12-3-1-2-4-12)15-9-11-7-8-17(10-11)13-5-6-13/h11-13H,1-10H2,(H2,15,16,18)/t11-/m0/s1. The van der Waals surface area contributed by atoms with Crippen molar-refractivity contribution in [2.75, 3.05) is 19.6 Å². The molecule has 2 amide bonds. The average Bonchev–Trinajstić information content (AvgIpc) is 2.90. The molecule has 0 aromatic rings. The summed E-state index contributed by atoms with van der Waals surface area (Å²) in [5.74, 6) is 0.667. The third-order valence-electron chi connectivity index (χ3n) is 4.62. The van der Waals surface area contributed by atoms with Gasteiger partial charge in [-0.15, -0.1) is 0 Å². The van der Waals surface area contributed by atoms with Crippen molar-refractivity contribution in [2.24, 2.45) is 5.92 Å². The van der Waals surface area contributed by atoms with E-state index in [2.05, 4.69) is 15.5 Å². The highest BCUT2D eigenvalue weighted by atomic mass is 16.2. The van der Waals surface area contributed by atoms with Crippen LogP contribution in [0.15, 0.2) is 0 Å². The SMILES string of the molecule is O=C(NC[C@@H]1CCN(C2CC2)C1)NC1CCCC1. The molecule has 3 rings (SSSR count). The first-order valence-electron chi connectivity index (χ1n) is 7.59. The van der Waals surface area contributed by atoms with E-state index in [1.54, 1.807) is 0 Å². The summed E-state index contributed by atoms with van der Waals surface area (Å²) in [6.45, 7) is 3.28. The van der Waals surface area contributed by atoms with Gasteiger partial charge in [-0.05, 0) is 44.6 Å². The molecule has 0 aromatic heterocycles. The van der Waals surface area contributed by atoms with Gasteiger partial charge in [0.1, 0.15) is 0 Å². The molecule has 0 spiro atoms. The fraction of sp³-hybridized carbons (Fsp3) is 0.929. The molecule has 2 saturated carbocycles. The van der Waals surface area contributed by atoms with E-state index >= 15 is 0 Å². The summed E-state index contributed by atoms with van der Waals surface area (Å²) in [6.07, 6.45) is 8.89. The lowest BCUT2D eigenvalue weighted by atomic mass is 10.1. The highest BCUT2D eigenvalue weighted by Gasteiger charge is 2.34. The first-order chi connectivity index (χ1) is 8.81. The van der Waals surface area contributed by atoms with Gasteiger partial charge in [-0.1, -0.05) is 12.8 Å². The van der Waals surface area contributed by atoms with Crippen molar-refractivity contribution in [3.63, 3.8) is 0 Å². The zero-order chi connectivity index (χ0) is 12.4. The Kier molecular flexibility index (Phi) is 3.73. The predicted molar refractivity (Wildman–Crippen MR) is 71.5 cm³/mol. The predicted octanol–water partition coefficient (Wildman–Crippen LogP) is 1.71. The second-order valence-electron chi connectivity index (χ2n) is 6.22. The molecular weight excluding hydrogens is 226 g/mol. The van der Waals surface area contributed by atoms with Crippen LogP contribution in [0.4, 0.5) is 4.79 Å². The van der Waals surface area contributed by atoms with Crippen LogP contribution in [0.1, 0.15) is 44.9 Å². The molecule has 4 heteroatoms. The average molecular weight is 251 g/mol. The lowest BCUT2D eigenvalue weighted by molar-refractivity contribution is 0.234. The van der Waals surface area contributed by atoms with Gasteiger partial charge in [-0.25, -0.2) is 4.79 Å². The van der Waals surface area contributed by atoms with Crippen LogP contribution in [0, 0.1) is 5.92 Å². The zero-order valence-corrected chi connectivity index (χ0v) is 11.2. The molecule has 18 heavy (non-hydrogen) atoms. The summed E-state index contributed by atoms with van der Waals surface area (Å²) >= 11 is 0. The minimum atomic E-state index is 0.0479. The molecule has 3 fully saturated rings. The summed E-state index contributed by atoms with van der Waals surface area (Å²) in [5.41, 5.74) is 0. The van der Waals surface area contributed by atoms with Crippen LogP contribution in [-0.4, -0.2) is 42.6 Å². The Bertz CT molecular complexity index is 297. The second-order valence-corrected chi connectivity index (χ2v) is 6.22. The third kappa shape index (κ3) is 3.16. The van der Waals surface area contributed by atoms with Crippen molar-refractivity contribution >= 4 is 6.03 Å². The molecule has 2 N–H and O–H groups in total. The Labute approximate surface area is 109 Å². The van der Waals surface area contributed by atoms with Crippen molar-refractivity contribution in [1.29, 1.82) is 0 Å². The van der Waals surface area contributed by atoms with Crippen molar-refractivity contribution < 1.29 is 4.79 Å². The van der Waals surface area contributed by atoms with E-state index in [0.717, 1.165) is 25.4 Å². The molecule has 0 bridgehead atoms. The molecular formula is C14H25N3O. The van der Waals surface area contributed by atoms with E-state index in [0.29, 0.717) is 12.0 Å². The van der Waals surface area contributed by atoms with Gasteiger partial charge >= 0.3 is 6.03 Å². The highest BCUT2D eigenvalue weighted by molar-refractivity contribution is 5.74. The Morgan fingerprint density at radius 3 is 2.61 bits per heavy atom. The van der Waals surface area contributed by atoms with Gasteiger partial charge in [0.25, 0.3) is 0 Å². The number of amides is 2. The molecule has 1 aliphatic heterocycles. The fourth-order valence-electron chi connectivity index (χ4n) is 3.34. The van der Waals surface area contributed by atoms with Crippen LogP contribution in [0.3, 0.4) is 0 Å². The van der Waals surface area contributed by atoms with Crippen molar-refractivity contribution in [3.8, 4) is 0 Å². The van der Waals surface area contributed by atoms with Crippen LogP contribution >= 0.6 is 0 Å². The van der Waals surface area contributed by atoms with Gasteiger partial charge < -0.3 is 15.5 Å². The summed E-state index contributed by atoms with van der Waals surface area (Å²) in [7, 11) is 0. The third-order valence-corrected chi connectivity index (χ3v) is 4.62. The number of rotatable bonds is 4. The van der Waals surface area contributed by atoms with Crippen LogP contribution in [0.5, 0.6) is 0 Å². The largest absolute Gasteiger partial charge is 0.338 e. The number of carbonyl (C=O) groups is 1. The summed E-state index contributed by atoms with van der Waals surface area (Å²) in [6, 6.07) is 1.35. The Morgan fingerprint density at radius 1 is 1.11 bits per heavy atom. The number of likely N-dealkylation sites (tertiary alicyclic amines) is 1. The number of hydrogen-bond acceptors (Lipinski definition) is 2. The molecule has 1 heterocycles. The van der Waals surface area contributed by atoms with E-state index in [1.807, 2.05) is 0 Å². The van der Waals surface area contributed by atoms with E-state index in [9.17, 15) is 4.79 Å². The van der Waals surface area contributed by atoms with Crippen LogP contribution < -0.4 is 10.6 Å². The van der Waals surface area contributed by atoms with Gasteiger partial charge in [0.2, 0.25) is 0 Å². The van der Waals surface area contributed by atoms with Crippen LogP contribution in [-0.2, 0) is 0 Å².